The van der Waals surface area contributed by atoms with Gasteiger partial charge in [-0.2, -0.15) is 0 Å². The first-order valence-electron chi connectivity index (χ1n) is 7.65. The highest BCUT2D eigenvalue weighted by Gasteiger charge is 2.05. The fourth-order valence-corrected chi connectivity index (χ4v) is 2.43. The summed E-state index contributed by atoms with van der Waals surface area (Å²) in [6, 6.07) is 21.7. The molecule has 1 N–H and O–H groups in total. The molecule has 0 spiro atoms. The van der Waals surface area contributed by atoms with Gasteiger partial charge < -0.3 is 5.32 Å². The Bertz CT molecular complexity index is 753. The largest absolute Gasteiger partial charge is 0.352 e. The van der Waals surface area contributed by atoms with Crippen LogP contribution in [0.1, 0.15) is 15.9 Å². The summed E-state index contributed by atoms with van der Waals surface area (Å²) in [5, 5.41) is 2.96. The molecule has 0 saturated heterocycles. The molecule has 1 heterocycles. The molecule has 3 nitrogen and oxygen atoms in total. The van der Waals surface area contributed by atoms with Gasteiger partial charge in [0.05, 0.1) is 0 Å². The van der Waals surface area contributed by atoms with Crippen LogP contribution in [-0.4, -0.2) is 17.4 Å². The zero-order valence-corrected chi connectivity index (χ0v) is 12.8. The first kappa shape index (κ1) is 15.0. The molecule has 114 valence electrons. The van der Waals surface area contributed by atoms with Gasteiger partial charge in [0.1, 0.15) is 0 Å². The number of carbonyl (C=O) groups is 1. The van der Waals surface area contributed by atoms with Crippen molar-refractivity contribution in [3.63, 3.8) is 0 Å². The molecular formula is C20H18N2O. The molecule has 0 bridgehead atoms. The lowest BCUT2D eigenvalue weighted by molar-refractivity contribution is 0.0954. The van der Waals surface area contributed by atoms with E-state index in [-0.39, 0.29) is 5.91 Å². The maximum atomic E-state index is 12.2. The van der Waals surface area contributed by atoms with E-state index < -0.39 is 0 Å². The van der Waals surface area contributed by atoms with E-state index in [1.54, 1.807) is 12.4 Å². The molecule has 0 unspecified atom stereocenters. The van der Waals surface area contributed by atoms with E-state index in [0.29, 0.717) is 12.1 Å². The molecule has 0 aliphatic rings. The highest BCUT2D eigenvalue weighted by atomic mass is 16.1. The topological polar surface area (TPSA) is 42.0 Å². The Morgan fingerprint density at radius 1 is 0.826 bits per heavy atom. The second-order valence-electron chi connectivity index (χ2n) is 5.30. The van der Waals surface area contributed by atoms with Gasteiger partial charge in [0.15, 0.2) is 0 Å². The van der Waals surface area contributed by atoms with Crippen LogP contribution in [0.4, 0.5) is 0 Å². The summed E-state index contributed by atoms with van der Waals surface area (Å²) in [5.74, 6) is -0.0396. The van der Waals surface area contributed by atoms with E-state index in [0.717, 1.165) is 17.5 Å². The molecule has 1 aromatic heterocycles. The lowest BCUT2D eigenvalue weighted by atomic mass is 10.0. The second-order valence-corrected chi connectivity index (χ2v) is 5.30. The monoisotopic (exact) mass is 302 g/mol. The van der Waals surface area contributed by atoms with Gasteiger partial charge in [-0.1, -0.05) is 42.5 Å². The first-order chi connectivity index (χ1) is 11.3. The molecule has 0 aliphatic heterocycles. The predicted octanol–water partition coefficient (Wildman–Crippen LogP) is 3.72. The van der Waals surface area contributed by atoms with Crippen LogP contribution in [0.3, 0.4) is 0 Å². The van der Waals surface area contributed by atoms with Gasteiger partial charge in [-0.25, -0.2) is 0 Å². The van der Waals surface area contributed by atoms with Gasteiger partial charge in [0, 0.05) is 24.5 Å². The number of aromatic nitrogens is 1. The number of nitrogens with one attached hydrogen (secondary N) is 1. The number of benzene rings is 2. The standard InChI is InChI=1S/C20H18N2O/c23-20(22-15-10-16-4-2-1-3-5-16)19-8-6-17(7-9-19)18-11-13-21-14-12-18/h1-9,11-14H,10,15H2,(H,22,23). The van der Waals surface area contributed by atoms with E-state index in [2.05, 4.69) is 22.4 Å². The minimum Gasteiger partial charge on any atom is -0.352 e. The van der Waals surface area contributed by atoms with Gasteiger partial charge in [0.25, 0.3) is 5.91 Å². The average molecular weight is 302 g/mol. The number of pyridine rings is 1. The zero-order chi connectivity index (χ0) is 15.9. The van der Waals surface area contributed by atoms with Crippen molar-refractivity contribution in [3.8, 4) is 11.1 Å². The molecule has 3 rings (SSSR count). The third kappa shape index (κ3) is 4.04. The number of hydrogen-bond donors (Lipinski definition) is 1. The van der Waals surface area contributed by atoms with Gasteiger partial charge in [-0.15, -0.1) is 0 Å². The Morgan fingerprint density at radius 2 is 1.48 bits per heavy atom. The van der Waals surface area contributed by atoms with E-state index in [4.69, 9.17) is 0 Å². The van der Waals surface area contributed by atoms with Crippen LogP contribution in [0.15, 0.2) is 79.1 Å². The zero-order valence-electron chi connectivity index (χ0n) is 12.8. The van der Waals surface area contributed by atoms with E-state index >= 15 is 0 Å². The maximum Gasteiger partial charge on any atom is 0.251 e. The van der Waals surface area contributed by atoms with Gasteiger partial charge >= 0.3 is 0 Å². The van der Waals surface area contributed by atoms with Crippen molar-refractivity contribution in [2.24, 2.45) is 0 Å². The highest BCUT2D eigenvalue weighted by molar-refractivity contribution is 5.94. The van der Waals surface area contributed by atoms with Crippen LogP contribution in [0.2, 0.25) is 0 Å². The Labute approximate surface area is 136 Å². The molecule has 0 radical (unpaired) electrons. The van der Waals surface area contributed by atoms with E-state index in [1.807, 2.05) is 54.6 Å². The van der Waals surface area contributed by atoms with Crippen molar-refractivity contribution in [1.82, 2.24) is 10.3 Å². The minimum atomic E-state index is -0.0396. The molecule has 1 amide bonds. The van der Waals surface area contributed by atoms with E-state index in [9.17, 15) is 4.79 Å². The SMILES string of the molecule is O=C(NCCc1ccccc1)c1ccc(-c2ccncc2)cc1. The number of nitrogens with zero attached hydrogens (tertiary/aromatic N) is 1. The van der Waals surface area contributed by atoms with Gasteiger partial charge in [-0.05, 0) is 47.4 Å². The third-order valence-electron chi connectivity index (χ3n) is 3.70. The summed E-state index contributed by atoms with van der Waals surface area (Å²) in [7, 11) is 0. The van der Waals surface area contributed by atoms with Gasteiger partial charge in [0.2, 0.25) is 0 Å². The van der Waals surface area contributed by atoms with Crippen molar-refractivity contribution in [1.29, 1.82) is 0 Å². The second kappa shape index (κ2) is 7.36. The fraction of sp³-hybridized carbons (Fsp3) is 0.100. The molecular weight excluding hydrogens is 284 g/mol. The summed E-state index contributed by atoms with van der Waals surface area (Å²) < 4.78 is 0. The molecule has 0 aliphatic carbocycles. The molecule has 2 aromatic carbocycles. The Balaban J connectivity index is 1.58. The summed E-state index contributed by atoms with van der Waals surface area (Å²) in [4.78, 5) is 16.2. The van der Waals surface area contributed by atoms with Crippen LogP contribution >= 0.6 is 0 Å². The molecule has 0 atom stereocenters. The summed E-state index contributed by atoms with van der Waals surface area (Å²) in [5.41, 5.74) is 4.07. The minimum absolute atomic E-state index is 0.0396. The van der Waals surface area contributed by atoms with Crippen molar-refractivity contribution >= 4 is 5.91 Å². The van der Waals surface area contributed by atoms with Crippen molar-refractivity contribution < 1.29 is 4.79 Å². The summed E-state index contributed by atoms with van der Waals surface area (Å²) >= 11 is 0. The summed E-state index contributed by atoms with van der Waals surface area (Å²) in [6.07, 6.45) is 4.36. The molecule has 3 aromatic rings. The molecule has 3 heteroatoms. The molecule has 23 heavy (non-hydrogen) atoms. The van der Waals surface area contributed by atoms with Gasteiger partial charge in [-0.3, -0.25) is 9.78 Å². The van der Waals surface area contributed by atoms with Crippen LogP contribution in [0.25, 0.3) is 11.1 Å². The fourth-order valence-electron chi connectivity index (χ4n) is 2.43. The Kier molecular flexibility index (Phi) is 4.79. The Hall–Kier alpha value is -2.94. The predicted molar refractivity (Wildman–Crippen MR) is 92.2 cm³/mol. The average Bonchev–Trinajstić information content (AvgIpc) is 2.63. The number of rotatable bonds is 5. The van der Waals surface area contributed by atoms with Crippen molar-refractivity contribution in [3.05, 3.63) is 90.3 Å². The lowest BCUT2D eigenvalue weighted by Gasteiger charge is -2.07. The quantitative estimate of drug-likeness (QED) is 0.780. The van der Waals surface area contributed by atoms with Crippen LogP contribution in [-0.2, 0) is 6.42 Å². The highest BCUT2D eigenvalue weighted by Crippen LogP contribution is 2.18. The van der Waals surface area contributed by atoms with Crippen LogP contribution in [0, 0.1) is 0 Å². The molecule has 0 fully saturated rings. The normalized spacial score (nSPS) is 10.3. The maximum absolute atomic E-state index is 12.2. The smallest absolute Gasteiger partial charge is 0.251 e. The van der Waals surface area contributed by atoms with Crippen LogP contribution < -0.4 is 5.32 Å². The van der Waals surface area contributed by atoms with E-state index in [1.165, 1.54) is 5.56 Å². The first-order valence-corrected chi connectivity index (χ1v) is 7.65. The summed E-state index contributed by atoms with van der Waals surface area (Å²) in [6.45, 7) is 0.634. The number of hydrogen-bond acceptors (Lipinski definition) is 2. The number of carbonyl (C=O) groups excluding carboxylic acids is 1. The Morgan fingerprint density at radius 3 is 2.17 bits per heavy atom. The lowest BCUT2D eigenvalue weighted by Crippen LogP contribution is -2.25. The number of amides is 1. The molecule has 0 saturated carbocycles. The third-order valence-corrected chi connectivity index (χ3v) is 3.70. The van der Waals surface area contributed by atoms with Crippen molar-refractivity contribution in [2.45, 2.75) is 6.42 Å². The van der Waals surface area contributed by atoms with Crippen LogP contribution in [0.5, 0.6) is 0 Å². The van der Waals surface area contributed by atoms with Crippen molar-refractivity contribution in [2.75, 3.05) is 6.54 Å².